The highest BCUT2D eigenvalue weighted by molar-refractivity contribution is 5.84. The molecule has 0 saturated carbocycles. The third kappa shape index (κ3) is 4.38. The van der Waals surface area contributed by atoms with Gasteiger partial charge in [-0.05, 0) is 5.56 Å². The maximum absolute atomic E-state index is 13.2. The Kier molecular flexibility index (Phi) is 5.25. The fraction of sp³-hybridized carbons (Fsp3) is 0.200. The van der Waals surface area contributed by atoms with Crippen LogP contribution in [0, 0.1) is 5.82 Å². The van der Waals surface area contributed by atoms with Crippen LogP contribution in [-0.4, -0.2) is 32.6 Å². The predicted molar refractivity (Wildman–Crippen MR) is 81.0 cm³/mol. The molecule has 0 bridgehead atoms. The van der Waals surface area contributed by atoms with Gasteiger partial charge in [-0.1, -0.05) is 30.3 Å². The predicted octanol–water partition coefficient (Wildman–Crippen LogP) is -0.512. The molecule has 0 aliphatic carbocycles. The summed E-state index contributed by atoms with van der Waals surface area (Å²) in [6, 6.07) is 7.21. The van der Waals surface area contributed by atoms with Crippen LogP contribution in [-0.2, 0) is 22.6 Å². The second kappa shape index (κ2) is 7.36. The van der Waals surface area contributed by atoms with Crippen molar-refractivity contribution in [1.29, 1.82) is 0 Å². The quantitative estimate of drug-likeness (QED) is 0.656. The molecular formula is C15H14FN3O5. The van der Waals surface area contributed by atoms with Crippen LogP contribution in [0.25, 0.3) is 0 Å². The molecule has 1 aromatic carbocycles. The van der Waals surface area contributed by atoms with Crippen molar-refractivity contribution in [2.75, 3.05) is 0 Å². The lowest BCUT2D eigenvalue weighted by molar-refractivity contribution is -0.142. The van der Waals surface area contributed by atoms with Crippen molar-refractivity contribution >= 4 is 11.9 Å². The molecule has 3 N–H and O–H groups in total. The number of halogens is 1. The Hall–Kier alpha value is -3.23. The average molecular weight is 335 g/mol. The first-order chi connectivity index (χ1) is 11.4. The minimum absolute atomic E-state index is 0.0422. The lowest BCUT2D eigenvalue weighted by atomic mass is 10.1. The van der Waals surface area contributed by atoms with E-state index in [2.05, 4.69) is 5.32 Å². The Morgan fingerprint density at radius 3 is 2.54 bits per heavy atom. The van der Waals surface area contributed by atoms with E-state index < -0.39 is 41.5 Å². The molecule has 2 aromatic rings. The largest absolute Gasteiger partial charge is 0.480 e. The zero-order chi connectivity index (χ0) is 17.7. The van der Waals surface area contributed by atoms with Gasteiger partial charge in [-0.3, -0.25) is 19.1 Å². The number of nitrogens with zero attached hydrogens (tertiary/aromatic N) is 1. The topological polar surface area (TPSA) is 121 Å². The number of aromatic nitrogens is 2. The van der Waals surface area contributed by atoms with E-state index in [1.54, 1.807) is 35.3 Å². The Morgan fingerprint density at radius 2 is 1.92 bits per heavy atom. The molecule has 126 valence electrons. The molecule has 0 saturated heterocycles. The molecule has 1 atom stereocenters. The number of hydrogen-bond donors (Lipinski definition) is 3. The van der Waals surface area contributed by atoms with Gasteiger partial charge in [-0.25, -0.2) is 9.59 Å². The summed E-state index contributed by atoms with van der Waals surface area (Å²) >= 11 is 0. The summed E-state index contributed by atoms with van der Waals surface area (Å²) in [7, 11) is 0. The summed E-state index contributed by atoms with van der Waals surface area (Å²) < 4.78 is 13.9. The molecule has 2 rings (SSSR count). The molecule has 0 spiro atoms. The molecule has 9 heteroatoms. The molecule has 0 unspecified atom stereocenters. The van der Waals surface area contributed by atoms with E-state index in [9.17, 15) is 23.6 Å². The number of benzene rings is 1. The van der Waals surface area contributed by atoms with Crippen LogP contribution in [0.4, 0.5) is 4.39 Å². The number of aromatic amines is 1. The van der Waals surface area contributed by atoms with Crippen molar-refractivity contribution in [2.24, 2.45) is 0 Å². The molecule has 0 aliphatic rings. The molecule has 1 heterocycles. The molecule has 24 heavy (non-hydrogen) atoms. The second-order valence-corrected chi connectivity index (χ2v) is 5.01. The average Bonchev–Trinajstić information content (AvgIpc) is 2.52. The number of carbonyl (C=O) groups is 2. The third-order valence-corrected chi connectivity index (χ3v) is 3.19. The van der Waals surface area contributed by atoms with E-state index in [4.69, 9.17) is 5.11 Å². The molecule has 1 amide bonds. The number of rotatable bonds is 6. The first-order valence-electron chi connectivity index (χ1n) is 6.92. The van der Waals surface area contributed by atoms with Crippen LogP contribution in [0.15, 0.2) is 46.1 Å². The number of carboxylic acids is 1. The fourth-order valence-corrected chi connectivity index (χ4v) is 2.03. The number of carboxylic acid groups (broad SMARTS) is 1. The van der Waals surface area contributed by atoms with Crippen LogP contribution < -0.4 is 16.6 Å². The highest BCUT2D eigenvalue weighted by Gasteiger charge is 2.21. The highest BCUT2D eigenvalue weighted by atomic mass is 19.1. The van der Waals surface area contributed by atoms with Crippen LogP contribution >= 0.6 is 0 Å². The number of H-pyrrole nitrogens is 1. The van der Waals surface area contributed by atoms with Crippen molar-refractivity contribution in [3.8, 4) is 0 Å². The van der Waals surface area contributed by atoms with Crippen molar-refractivity contribution in [3.05, 3.63) is 68.7 Å². The summed E-state index contributed by atoms with van der Waals surface area (Å²) in [6.45, 7) is -0.525. The Balaban J connectivity index is 2.11. The molecular weight excluding hydrogens is 321 g/mol. The summed E-state index contributed by atoms with van der Waals surface area (Å²) in [5.41, 5.74) is -1.48. The van der Waals surface area contributed by atoms with Gasteiger partial charge in [0.25, 0.3) is 5.56 Å². The van der Waals surface area contributed by atoms with Crippen molar-refractivity contribution in [2.45, 2.75) is 19.0 Å². The monoisotopic (exact) mass is 335 g/mol. The van der Waals surface area contributed by atoms with Gasteiger partial charge in [0, 0.05) is 0 Å². The molecule has 1 aromatic heterocycles. The maximum Gasteiger partial charge on any atom is 0.328 e. The van der Waals surface area contributed by atoms with Crippen LogP contribution in [0.2, 0.25) is 0 Å². The molecule has 0 radical (unpaired) electrons. The van der Waals surface area contributed by atoms with E-state index >= 15 is 0 Å². The van der Waals surface area contributed by atoms with Crippen LogP contribution in [0.3, 0.4) is 0 Å². The van der Waals surface area contributed by atoms with Gasteiger partial charge < -0.3 is 10.4 Å². The van der Waals surface area contributed by atoms with E-state index in [1.807, 2.05) is 0 Å². The zero-order valence-corrected chi connectivity index (χ0v) is 12.4. The Bertz CT molecular complexity index is 859. The van der Waals surface area contributed by atoms with Crippen molar-refractivity contribution in [3.63, 3.8) is 0 Å². The number of aliphatic carboxylic acids is 1. The van der Waals surface area contributed by atoms with Crippen molar-refractivity contribution < 1.29 is 19.1 Å². The molecule has 0 fully saturated rings. The van der Waals surface area contributed by atoms with Gasteiger partial charge in [0.15, 0.2) is 0 Å². The highest BCUT2D eigenvalue weighted by Crippen LogP contribution is 2.00. The Labute approximate surface area is 134 Å². The van der Waals surface area contributed by atoms with Crippen molar-refractivity contribution in [1.82, 2.24) is 14.9 Å². The lowest BCUT2D eigenvalue weighted by Gasteiger charge is -2.15. The van der Waals surface area contributed by atoms with Gasteiger partial charge in [-0.2, -0.15) is 4.39 Å². The minimum atomic E-state index is -1.45. The van der Waals surface area contributed by atoms with Gasteiger partial charge in [-0.15, -0.1) is 0 Å². The summed E-state index contributed by atoms with van der Waals surface area (Å²) in [5.74, 6) is -3.18. The normalized spacial score (nSPS) is 11.7. The van der Waals surface area contributed by atoms with E-state index in [0.29, 0.717) is 16.3 Å². The van der Waals surface area contributed by atoms with Gasteiger partial charge >= 0.3 is 11.7 Å². The maximum atomic E-state index is 13.2. The number of nitrogens with one attached hydrogen (secondary N) is 2. The molecule has 8 nitrogen and oxygen atoms in total. The zero-order valence-electron chi connectivity index (χ0n) is 12.4. The SMILES string of the molecule is O=C(Cc1ccccc1)N[C@@H](Cn1cc(F)c(=O)[nH]c1=O)C(=O)O. The number of carbonyl (C=O) groups excluding carboxylic acids is 1. The first kappa shape index (κ1) is 17.1. The second-order valence-electron chi connectivity index (χ2n) is 5.01. The van der Waals surface area contributed by atoms with Gasteiger partial charge in [0.2, 0.25) is 11.7 Å². The molecule has 0 aliphatic heterocycles. The number of hydrogen-bond acceptors (Lipinski definition) is 4. The minimum Gasteiger partial charge on any atom is -0.480 e. The summed E-state index contributed by atoms with van der Waals surface area (Å²) in [6.07, 6.45) is 0.556. The summed E-state index contributed by atoms with van der Waals surface area (Å²) in [5, 5.41) is 11.4. The van der Waals surface area contributed by atoms with Gasteiger partial charge in [0.1, 0.15) is 6.04 Å². The lowest BCUT2D eigenvalue weighted by Crippen LogP contribution is -2.46. The number of amides is 1. The standard InChI is InChI=1S/C15H14FN3O5/c16-10-7-19(15(24)18-13(10)21)8-11(14(22)23)17-12(20)6-9-4-2-1-3-5-9/h1-5,7,11H,6,8H2,(H,17,20)(H,22,23)(H,18,21,24)/t11-/m0/s1. The van der Waals surface area contributed by atoms with E-state index in [1.165, 1.54) is 0 Å². The van der Waals surface area contributed by atoms with Crippen LogP contribution in [0.5, 0.6) is 0 Å². The van der Waals surface area contributed by atoms with E-state index in [0.717, 1.165) is 0 Å². The Morgan fingerprint density at radius 1 is 1.25 bits per heavy atom. The van der Waals surface area contributed by atoms with E-state index in [-0.39, 0.29) is 6.42 Å². The third-order valence-electron chi connectivity index (χ3n) is 3.19. The first-order valence-corrected chi connectivity index (χ1v) is 6.92. The smallest absolute Gasteiger partial charge is 0.328 e. The summed E-state index contributed by atoms with van der Waals surface area (Å²) in [4.78, 5) is 47.4. The van der Waals surface area contributed by atoms with Crippen LogP contribution in [0.1, 0.15) is 5.56 Å². The fourth-order valence-electron chi connectivity index (χ4n) is 2.03. The van der Waals surface area contributed by atoms with Gasteiger partial charge in [0.05, 0.1) is 19.2 Å².